The Morgan fingerprint density at radius 3 is 2.24 bits per heavy atom. The van der Waals surface area contributed by atoms with Gasteiger partial charge in [0.05, 0.1) is 35.1 Å². The average Bonchev–Trinajstić information content (AvgIpc) is 3.27. The van der Waals surface area contributed by atoms with E-state index in [1.807, 2.05) is 13.1 Å². The van der Waals surface area contributed by atoms with E-state index in [9.17, 15) is 19.8 Å². The lowest BCUT2D eigenvalue weighted by Gasteiger charge is -2.55. The van der Waals surface area contributed by atoms with Crippen molar-refractivity contribution < 1.29 is 38.7 Å². The summed E-state index contributed by atoms with van der Waals surface area (Å²) in [7, 11) is 6.78. The minimum Gasteiger partial charge on any atom is -0.458 e. The summed E-state index contributed by atoms with van der Waals surface area (Å²) in [5.74, 6) is -2.10. The van der Waals surface area contributed by atoms with Crippen LogP contribution in [0.1, 0.15) is 52.8 Å². The maximum absolute atomic E-state index is 13.9. The fourth-order valence-corrected chi connectivity index (χ4v) is 10.1. The molecule has 6 rings (SSSR count). The van der Waals surface area contributed by atoms with Gasteiger partial charge in [0.1, 0.15) is 17.3 Å². The van der Waals surface area contributed by atoms with Crippen LogP contribution < -0.4 is 10.6 Å². The highest BCUT2D eigenvalue weighted by atomic mass is 79.9. The standard InChI is InChI=1S/C35H45BrN2O8/c1-37-18-19-15-22-27(46-33(40)21-10-6-8-12-26(21)38-32(39)20-9-5-7-11-25(20)36)13-14-28(43-2)30(22)24-16-23-29(44-3)17-34(19,41)35(24,42)31(23)45-4/h5-12,19,22-24,27-31,37,41-42H,13-18H2,1-4H3,(H,38,39)/t19?,22?,23-,24?,27+,28+,29?,30?,31+,34+,35+/m1/s1. The number of hydrogen-bond acceptors (Lipinski definition) is 9. The molecule has 10 nitrogen and oxygen atoms in total. The monoisotopic (exact) mass is 700 g/mol. The molecule has 4 fully saturated rings. The summed E-state index contributed by atoms with van der Waals surface area (Å²) >= 11 is 3.43. The fraction of sp³-hybridized carbons (Fsp3) is 0.600. The summed E-state index contributed by atoms with van der Waals surface area (Å²) in [5, 5.41) is 31.6. The zero-order chi connectivity index (χ0) is 32.8. The molecule has 0 aromatic heterocycles. The van der Waals surface area contributed by atoms with Crippen LogP contribution in [0.4, 0.5) is 5.69 Å². The number of anilines is 1. The molecular weight excluding hydrogens is 656 g/mol. The Morgan fingerprint density at radius 1 is 0.891 bits per heavy atom. The molecule has 0 aliphatic heterocycles. The first kappa shape index (κ1) is 33.5. The number of carbonyl (C=O) groups is 2. The first-order valence-corrected chi connectivity index (χ1v) is 17.0. The van der Waals surface area contributed by atoms with Crippen LogP contribution in [-0.4, -0.2) is 92.6 Å². The van der Waals surface area contributed by atoms with Crippen molar-refractivity contribution in [2.24, 2.45) is 29.6 Å². The zero-order valence-corrected chi connectivity index (χ0v) is 28.4. The van der Waals surface area contributed by atoms with Gasteiger partial charge in [-0.2, -0.15) is 0 Å². The first-order valence-electron chi connectivity index (χ1n) is 16.2. The SMILES string of the molecule is CNCC1CC2C(C3C[C@@H]4C(OC)C[C@@]1(O)[C@@]3(O)[C@H]4OC)[C@@H](OC)CC[C@@H]2OC(=O)c1ccccc1NC(=O)c1ccccc1Br. The Hall–Kier alpha value is -2.38. The van der Waals surface area contributed by atoms with Crippen molar-refractivity contribution in [3.8, 4) is 0 Å². The lowest BCUT2D eigenvalue weighted by atomic mass is 9.61. The Balaban J connectivity index is 1.33. The Labute approximate surface area is 278 Å². The van der Waals surface area contributed by atoms with Crippen molar-refractivity contribution in [1.82, 2.24) is 5.32 Å². The van der Waals surface area contributed by atoms with E-state index in [1.54, 1.807) is 63.8 Å². The van der Waals surface area contributed by atoms with Crippen LogP contribution >= 0.6 is 15.9 Å². The molecule has 2 bridgehead atoms. The Morgan fingerprint density at radius 2 is 1.57 bits per heavy atom. The highest BCUT2D eigenvalue weighted by Crippen LogP contribution is 2.65. The second-order valence-electron chi connectivity index (χ2n) is 13.4. The van der Waals surface area contributed by atoms with Gasteiger partial charge in [0.2, 0.25) is 0 Å². The number of nitrogens with one attached hydrogen (secondary N) is 2. The molecule has 2 aromatic rings. The van der Waals surface area contributed by atoms with E-state index in [0.29, 0.717) is 54.4 Å². The number of esters is 1. The lowest BCUT2D eigenvalue weighted by Crippen LogP contribution is -2.71. The number of aliphatic hydroxyl groups is 2. The van der Waals surface area contributed by atoms with Crippen molar-refractivity contribution in [2.75, 3.05) is 40.2 Å². The van der Waals surface area contributed by atoms with Gasteiger partial charge in [0, 0.05) is 56.5 Å². The quantitative estimate of drug-likeness (QED) is 0.286. The van der Waals surface area contributed by atoms with Gasteiger partial charge in [0.25, 0.3) is 5.91 Å². The van der Waals surface area contributed by atoms with E-state index in [2.05, 4.69) is 26.6 Å². The maximum atomic E-state index is 13.9. The van der Waals surface area contributed by atoms with Crippen molar-refractivity contribution >= 4 is 33.5 Å². The van der Waals surface area contributed by atoms with Crippen molar-refractivity contribution in [3.05, 3.63) is 64.1 Å². The molecule has 4 saturated carbocycles. The lowest BCUT2D eigenvalue weighted by molar-refractivity contribution is -0.275. The van der Waals surface area contributed by atoms with E-state index in [0.717, 1.165) is 0 Å². The predicted molar refractivity (Wildman–Crippen MR) is 174 cm³/mol. The molecule has 2 aromatic carbocycles. The van der Waals surface area contributed by atoms with Crippen molar-refractivity contribution in [2.45, 2.75) is 67.7 Å². The van der Waals surface area contributed by atoms with Gasteiger partial charge in [-0.3, -0.25) is 4.79 Å². The number of benzene rings is 2. The maximum Gasteiger partial charge on any atom is 0.340 e. The molecule has 4 N–H and O–H groups in total. The zero-order valence-electron chi connectivity index (χ0n) is 26.8. The van der Waals surface area contributed by atoms with E-state index in [1.165, 1.54) is 0 Å². The molecule has 250 valence electrons. The predicted octanol–water partition coefficient (Wildman–Crippen LogP) is 4.04. The molecule has 46 heavy (non-hydrogen) atoms. The summed E-state index contributed by atoms with van der Waals surface area (Å²) < 4.78 is 25.0. The normalized spacial score (nSPS) is 38.0. The smallest absolute Gasteiger partial charge is 0.340 e. The molecular formula is C35H45BrN2O8. The largest absolute Gasteiger partial charge is 0.458 e. The number of carbonyl (C=O) groups excluding carboxylic acids is 2. The summed E-state index contributed by atoms with van der Waals surface area (Å²) in [6.45, 7) is 0.453. The number of fused-ring (bicyclic) bond motifs is 3. The number of methoxy groups -OCH3 is 3. The minimum atomic E-state index is -1.53. The van der Waals surface area contributed by atoms with E-state index in [-0.39, 0.29) is 53.3 Å². The number of para-hydroxylation sites is 1. The van der Waals surface area contributed by atoms with Gasteiger partial charge < -0.3 is 39.8 Å². The molecule has 0 spiro atoms. The van der Waals surface area contributed by atoms with Crippen molar-refractivity contribution in [3.63, 3.8) is 0 Å². The van der Waals surface area contributed by atoms with Crippen LogP contribution in [0.3, 0.4) is 0 Å². The van der Waals surface area contributed by atoms with Crippen LogP contribution in [0.2, 0.25) is 0 Å². The van der Waals surface area contributed by atoms with Crippen molar-refractivity contribution in [1.29, 1.82) is 0 Å². The summed E-state index contributed by atoms with van der Waals surface area (Å²) in [4.78, 5) is 27.1. The highest BCUT2D eigenvalue weighted by molar-refractivity contribution is 9.10. The molecule has 0 saturated heterocycles. The van der Waals surface area contributed by atoms with Gasteiger partial charge in [-0.1, -0.05) is 24.3 Å². The van der Waals surface area contributed by atoms with Gasteiger partial charge in [-0.05, 0) is 84.8 Å². The number of ether oxygens (including phenoxy) is 4. The highest BCUT2D eigenvalue weighted by Gasteiger charge is 2.76. The first-order chi connectivity index (χ1) is 22.1. The van der Waals surface area contributed by atoms with E-state index in [4.69, 9.17) is 18.9 Å². The number of halogens is 1. The average molecular weight is 702 g/mol. The molecule has 0 radical (unpaired) electrons. The molecule has 11 heteroatoms. The number of hydrogen-bond donors (Lipinski definition) is 4. The van der Waals surface area contributed by atoms with Crippen LogP contribution in [-0.2, 0) is 18.9 Å². The van der Waals surface area contributed by atoms with Gasteiger partial charge >= 0.3 is 5.97 Å². The van der Waals surface area contributed by atoms with Crippen LogP contribution in [0.5, 0.6) is 0 Å². The summed E-state index contributed by atoms with van der Waals surface area (Å²) in [6.07, 6.45) is 1.06. The molecule has 5 unspecified atom stereocenters. The second-order valence-corrected chi connectivity index (χ2v) is 14.3. The van der Waals surface area contributed by atoms with E-state index < -0.39 is 29.4 Å². The third-order valence-electron chi connectivity index (χ3n) is 11.5. The topological polar surface area (TPSA) is 136 Å². The summed E-state index contributed by atoms with van der Waals surface area (Å²) in [5.41, 5.74) is -1.97. The second kappa shape index (κ2) is 13.3. The van der Waals surface area contributed by atoms with Gasteiger partial charge in [-0.25, -0.2) is 4.79 Å². The molecule has 4 aliphatic rings. The minimum absolute atomic E-state index is 0.0974. The molecule has 4 aliphatic carbocycles. The molecule has 0 heterocycles. The Bertz CT molecular complexity index is 1440. The third-order valence-corrected chi connectivity index (χ3v) is 12.2. The van der Waals surface area contributed by atoms with Crippen LogP contribution in [0.25, 0.3) is 0 Å². The molecule has 11 atom stereocenters. The fourth-order valence-electron chi connectivity index (χ4n) is 9.60. The third kappa shape index (κ3) is 5.32. The molecule has 1 amide bonds. The Kier molecular flexibility index (Phi) is 9.66. The van der Waals surface area contributed by atoms with Crippen LogP contribution in [0.15, 0.2) is 53.0 Å². The van der Waals surface area contributed by atoms with Gasteiger partial charge in [-0.15, -0.1) is 0 Å². The van der Waals surface area contributed by atoms with Crippen LogP contribution in [0, 0.1) is 29.6 Å². The summed E-state index contributed by atoms with van der Waals surface area (Å²) in [6, 6.07) is 13.9. The number of amides is 1. The van der Waals surface area contributed by atoms with E-state index >= 15 is 0 Å². The van der Waals surface area contributed by atoms with Gasteiger partial charge in [0.15, 0.2) is 0 Å². The number of rotatable bonds is 9.